The standard InChI is InChI=1S/C23H37N3O5/c1-17(2)20(22(29)31-23(3,4)5)24(6)21(28)18-9-11-26(16-18)19(27)8-7-10-25-12-14-30-15-13-25/h17-18,20H,9-16H2,1-6H3/t18-,20?/m0/s1. The molecule has 31 heavy (non-hydrogen) atoms. The highest BCUT2D eigenvalue weighted by molar-refractivity contribution is 5.94. The summed E-state index contributed by atoms with van der Waals surface area (Å²) in [7, 11) is 1.64. The van der Waals surface area contributed by atoms with Crippen LogP contribution in [-0.4, -0.2) is 97.1 Å². The Hall–Kier alpha value is -2.11. The van der Waals surface area contributed by atoms with Gasteiger partial charge < -0.3 is 19.3 Å². The van der Waals surface area contributed by atoms with Gasteiger partial charge in [0.2, 0.25) is 5.91 Å². The maximum atomic E-state index is 13.1. The Labute approximate surface area is 186 Å². The molecule has 0 spiro atoms. The molecule has 2 fully saturated rings. The zero-order chi connectivity index (χ0) is 23.2. The smallest absolute Gasteiger partial charge is 0.329 e. The van der Waals surface area contributed by atoms with Crippen LogP contribution in [-0.2, 0) is 23.9 Å². The number of carbonyl (C=O) groups excluding carboxylic acids is 3. The second-order valence-electron chi connectivity index (χ2n) is 9.60. The van der Waals surface area contributed by atoms with E-state index in [4.69, 9.17) is 9.47 Å². The van der Waals surface area contributed by atoms with E-state index in [1.165, 1.54) is 4.90 Å². The number of nitrogens with zero attached hydrogens (tertiary/aromatic N) is 3. The molecule has 174 valence electrons. The minimum absolute atomic E-state index is 0.0889. The Morgan fingerprint density at radius 2 is 1.81 bits per heavy atom. The maximum Gasteiger partial charge on any atom is 0.329 e. The van der Waals surface area contributed by atoms with Gasteiger partial charge in [0.1, 0.15) is 11.6 Å². The van der Waals surface area contributed by atoms with Crippen LogP contribution in [0.15, 0.2) is 0 Å². The van der Waals surface area contributed by atoms with Gasteiger partial charge in [0.05, 0.1) is 25.7 Å². The number of rotatable bonds is 5. The second-order valence-corrected chi connectivity index (χ2v) is 9.60. The van der Waals surface area contributed by atoms with E-state index in [1.54, 1.807) is 11.9 Å². The Morgan fingerprint density at radius 1 is 1.16 bits per heavy atom. The van der Waals surface area contributed by atoms with Crippen LogP contribution in [0.4, 0.5) is 0 Å². The summed E-state index contributed by atoms with van der Waals surface area (Å²) in [5.41, 5.74) is -0.620. The molecule has 2 rings (SSSR count). The molecule has 0 bridgehead atoms. The van der Waals surface area contributed by atoms with E-state index in [0.717, 1.165) is 13.1 Å². The number of morpholine rings is 1. The Morgan fingerprint density at radius 3 is 2.39 bits per heavy atom. The van der Waals surface area contributed by atoms with Crippen molar-refractivity contribution in [3.8, 4) is 11.8 Å². The summed E-state index contributed by atoms with van der Waals surface area (Å²) < 4.78 is 10.8. The van der Waals surface area contributed by atoms with Gasteiger partial charge in [-0.2, -0.15) is 0 Å². The third-order valence-corrected chi connectivity index (χ3v) is 5.47. The first kappa shape index (κ1) is 25.2. The zero-order valence-electron chi connectivity index (χ0n) is 19.8. The van der Waals surface area contributed by atoms with Crippen LogP contribution in [0.1, 0.15) is 41.0 Å². The highest BCUT2D eigenvalue weighted by Crippen LogP contribution is 2.23. The summed E-state index contributed by atoms with van der Waals surface area (Å²) in [5.74, 6) is 4.43. The monoisotopic (exact) mass is 435 g/mol. The molecule has 8 heteroatoms. The lowest BCUT2D eigenvalue weighted by atomic mass is 9.99. The van der Waals surface area contributed by atoms with Crippen LogP contribution < -0.4 is 0 Å². The summed E-state index contributed by atoms with van der Waals surface area (Å²) in [5, 5.41) is 0. The minimum Gasteiger partial charge on any atom is -0.458 e. The molecule has 0 aromatic rings. The fourth-order valence-electron chi connectivity index (χ4n) is 3.88. The summed E-state index contributed by atoms with van der Waals surface area (Å²) in [6, 6.07) is -0.662. The summed E-state index contributed by atoms with van der Waals surface area (Å²) in [6.45, 7) is 13.6. The average Bonchev–Trinajstić information content (AvgIpc) is 3.16. The summed E-state index contributed by atoms with van der Waals surface area (Å²) in [4.78, 5) is 43.5. The van der Waals surface area contributed by atoms with Gasteiger partial charge >= 0.3 is 5.97 Å². The Kier molecular flexibility index (Phi) is 8.90. The Balaban J connectivity index is 1.92. The molecular weight excluding hydrogens is 398 g/mol. The molecule has 2 atom stereocenters. The van der Waals surface area contributed by atoms with E-state index in [9.17, 15) is 14.4 Å². The molecule has 2 amide bonds. The molecule has 8 nitrogen and oxygen atoms in total. The first-order valence-corrected chi connectivity index (χ1v) is 11.1. The van der Waals surface area contributed by atoms with Gasteiger partial charge in [-0.1, -0.05) is 19.8 Å². The molecule has 2 aliphatic heterocycles. The molecule has 1 unspecified atom stereocenters. The van der Waals surface area contributed by atoms with Crippen LogP contribution in [0.25, 0.3) is 0 Å². The van der Waals surface area contributed by atoms with E-state index in [0.29, 0.717) is 39.3 Å². The average molecular weight is 436 g/mol. The summed E-state index contributed by atoms with van der Waals surface area (Å²) in [6.07, 6.45) is 0.569. The molecule has 0 radical (unpaired) electrons. The third-order valence-electron chi connectivity index (χ3n) is 5.47. The first-order chi connectivity index (χ1) is 14.5. The number of ether oxygens (including phenoxy) is 2. The van der Waals surface area contributed by atoms with E-state index in [2.05, 4.69) is 16.7 Å². The van der Waals surface area contributed by atoms with Crippen molar-refractivity contribution in [1.29, 1.82) is 0 Å². The molecular formula is C23H37N3O5. The van der Waals surface area contributed by atoms with E-state index in [1.807, 2.05) is 34.6 Å². The highest BCUT2D eigenvalue weighted by Gasteiger charge is 2.38. The van der Waals surface area contributed by atoms with Crippen molar-refractivity contribution in [3.63, 3.8) is 0 Å². The molecule has 0 aliphatic carbocycles. The molecule has 2 heterocycles. The van der Waals surface area contributed by atoms with E-state index >= 15 is 0 Å². The summed E-state index contributed by atoms with van der Waals surface area (Å²) >= 11 is 0. The fourth-order valence-corrected chi connectivity index (χ4v) is 3.88. The fraction of sp³-hybridized carbons (Fsp3) is 0.783. The van der Waals surface area contributed by atoms with Crippen molar-refractivity contribution in [2.75, 3.05) is 53.0 Å². The molecule has 0 saturated carbocycles. The second kappa shape index (κ2) is 11.0. The highest BCUT2D eigenvalue weighted by atomic mass is 16.6. The van der Waals surface area contributed by atoms with Crippen molar-refractivity contribution in [2.24, 2.45) is 11.8 Å². The lowest BCUT2D eigenvalue weighted by Gasteiger charge is -2.33. The van der Waals surface area contributed by atoms with Gasteiger partial charge in [0.25, 0.3) is 5.91 Å². The predicted octanol–water partition coefficient (Wildman–Crippen LogP) is 0.995. The third kappa shape index (κ3) is 7.51. The molecule has 0 aromatic carbocycles. The van der Waals surface area contributed by atoms with Crippen molar-refractivity contribution >= 4 is 17.8 Å². The lowest BCUT2D eigenvalue weighted by molar-refractivity contribution is -0.166. The zero-order valence-corrected chi connectivity index (χ0v) is 19.8. The van der Waals surface area contributed by atoms with Crippen molar-refractivity contribution < 1.29 is 23.9 Å². The number of likely N-dealkylation sites (tertiary alicyclic amines) is 1. The number of likely N-dealkylation sites (N-methyl/N-ethyl adjacent to an activating group) is 1. The number of esters is 1. The van der Waals surface area contributed by atoms with Crippen molar-refractivity contribution in [3.05, 3.63) is 0 Å². The number of hydrogen-bond donors (Lipinski definition) is 0. The van der Waals surface area contributed by atoms with Gasteiger partial charge in [-0.3, -0.25) is 14.5 Å². The molecule has 0 aromatic heterocycles. The van der Waals surface area contributed by atoms with Crippen LogP contribution in [0.5, 0.6) is 0 Å². The molecule has 2 aliphatic rings. The van der Waals surface area contributed by atoms with Crippen molar-refractivity contribution in [1.82, 2.24) is 14.7 Å². The Bertz CT molecular complexity index is 713. The van der Waals surface area contributed by atoms with Gasteiger partial charge in [-0.15, -0.1) is 0 Å². The quantitative estimate of drug-likeness (QED) is 0.473. The van der Waals surface area contributed by atoms with Crippen LogP contribution in [0.3, 0.4) is 0 Å². The minimum atomic E-state index is -0.662. The van der Waals surface area contributed by atoms with Gasteiger partial charge in [-0.05, 0) is 39.0 Å². The van der Waals surface area contributed by atoms with Gasteiger partial charge in [0.15, 0.2) is 0 Å². The van der Waals surface area contributed by atoms with Gasteiger partial charge in [0, 0.05) is 33.2 Å². The van der Waals surface area contributed by atoms with Crippen LogP contribution in [0.2, 0.25) is 0 Å². The van der Waals surface area contributed by atoms with Crippen LogP contribution >= 0.6 is 0 Å². The SMILES string of the molecule is CC(C)C(C(=O)OC(C)(C)C)N(C)C(=O)[C@H]1CCN(C(=O)C#CCN2CCOCC2)C1. The predicted molar refractivity (Wildman–Crippen MR) is 117 cm³/mol. The van der Waals surface area contributed by atoms with Crippen molar-refractivity contribution in [2.45, 2.75) is 52.7 Å². The van der Waals surface area contributed by atoms with E-state index < -0.39 is 17.6 Å². The number of amides is 2. The maximum absolute atomic E-state index is 13.1. The topological polar surface area (TPSA) is 79.4 Å². The lowest BCUT2D eigenvalue weighted by Crippen LogP contribution is -2.50. The van der Waals surface area contributed by atoms with Crippen LogP contribution in [0, 0.1) is 23.7 Å². The molecule has 2 saturated heterocycles. The number of hydrogen-bond acceptors (Lipinski definition) is 6. The number of carbonyl (C=O) groups is 3. The van der Waals surface area contributed by atoms with Gasteiger partial charge in [-0.25, -0.2) is 4.79 Å². The molecule has 0 N–H and O–H groups in total. The van der Waals surface area contributed by atoms with E-state index in [-0.39, 0.29) is 23.7 Å². The largest absolute Gasteiger partial charge is 0.458 e. The first-order valence-electron chi connectivity index (χ1n) is 11.1. The normalized spacial score (nSPS) is 20.7.